The second-order valence-electron chi connectivity index (χ2n) is 4.78. The Labute approximate surface area is 90.3 Å². The van der Waals surface area contributed by atoms with Gasteiger partial charge in [0.05, 0.1) is 5.69 Å². The van der Waals surface area contributed by atoms with E-state index in [9.17, 15) is 0 Å². The molecule has 80 valence electrons. The number of nitrogens with zero attached hydrogens (tertiary/aromatic N) is 1. The lowest BCUT2D eigenvalue weighted by Gasteiger charge is -2.42. The molecule has 0 radical (unpaired) electrons. The molecule has 1 aliphatic heterocycles. The summed E-state index contributed by atoms with van der Waals surface area (Å²) in [6, 6.07) is 4.19. The third-order valence-electron chi connectivity index (χ3n) is 3.65. The van der Waals surface area contributed by atoms with Gasteiger partial charge in [-0.15, -0.1) is 0 Å². The maximum atomic E-state index is 4.58. The van der Waals surface area contributed by atoms with Gasteiger partial charge in [0.1, 0.15) is 5.82 Å². The fraction of sp³-hybridized carbons (Fsp3) is 0.583. The van der Waals surface area contributed by atoms with E-state index in [-0.39, 0.29) is 0 Å². The molecule has 3 rings (SSSR count). The van der Waals surface area contributed by atoms with Crippen molar-refractivity contribution < 1.29 is 0 Å². The Bertz CT molecular complexity index is 382. The van der Waals surface area contributed by atoms with Crippen LogP contribution in [0.25, 0.3) is 0 Å². The first-order valence-electron chi connectivity index (χ1n) is 5.77. The van der Waals surface area contributed by atoms with E-state index in [1.165, 1.54) is 25.7 Å². The summed E-state index contributed by atoms with van der Waals surface area (Å²) in [5, 5.41) is 7.09. The maximum Gasteiger partial charge on any atom is 0.150 e. The fourth-order valence-electron chi connectivity index (χ4n) is 2.52. The molecule has 1 aromatic rings. The van der Waals surface area contributed by atoms with E-state index in [2.05, 4.69) is 27.8 Å². The molecule has 1 spiro atoms. The van der Waals surface area contributed by atoms with E-state index in [1.54, 1.807) is 0 Å². The van der Waals surface area contributed by atoms with E-state index in [1.807, 2.05) is 6.92 Å². The number of hydrogen-bond acceptors (Lipinski definition) is 3. The van der Waals surface area contributed by atoms with Crippen molar-refractivity contribution in [1.82, 2.24) is 4.98 Å². The normalized spacial score (nSPS) is 21.9. The van der Waals surface area contributed by atoms with Gasteiger partial charge in [-0.2, -0.15) is 0 Å². The van der Waals surface area contributed by atoms with Gasteiger partial charge in [0.25, 0.3) is 0 Å². The number of fused-ring (bicyclic) bond motifs is 1. The van der Waals surface area contributed by atoms with Crippen LogP contribution in [0.2, 0.25) is 0 Å². The third kappa shape index (κ3) is 1.46. The van der Waals surface area contributed by atoms with Crippen LogP contribution in [0.1, 0.15) is 31.4 Å². The smallest absolute Gasteiger partial charge is 0.150 e. The number of aromatic nitrogens is 1. The molecule has 1 aliphatic carbocycles. The van der Waals surface area contributed by atoms with Gasteiger partial charge in [-0.25, -0.2) is 4.98 Å². The van der Waals surface area contributed by atoms with Crippen LogP contribution in [-0.2, 0) is 0 Å². The van der Waals surface area contributed by atoms with Gasteiger partial charge < -0.3 is 10.6 Å². The molecule has 1 saturated carbocycles. The van der Waals surface area contributed by atoms with Crippen molar-refractivity contribution in [3.63, 3.8) is 0 Å². The summed E-state index contributed by atoms with van der Waals surface area (Å²) in [4.78, 5) is 4.58. The van der Waals surface area contributed by atoms with Crippen LogP contribution in [0.5, 0.6) is 0 Å². The van der Waals surface area contributed by atoms with E-state index in [0.717, 1.165) is 23.7 Å². The van der Waals surface area contributed by atoms with Crippen LogP contribution in [0.3, 0.4) is 0 Å². The highest BCUT2D eigenvalue weighted by Gasteiger charge is 2.38. The molecular formula is C12H17N3. The SMILES string of the molecule is Cc1ccc2c(n1)NC1(CCC1)CCN2. The Kier molecular flexibility index (Phi) is 1.87. The minimum absolute atomic E-state index is 0.346. The van der Waals surface area contributed by atoms with Gasteiger partial charge in [-0.3, -0.25) is 0 Å². The molecular weight excluding hydrogens is 186 g/mol. The molecule has 3 heteroatoms. The Morgan fingerprint density at radius 1 is 1.27 bits per heavy atom. The molecule has 2 N–H and O–H groups in total. The molecule has 1 fully saturated rings. The highest BCUT2D eigenvalue weighted by atomic mass is 15.1. The molecule has 0 bridgehead atoms. The Morgan fingerprint density at radius 3 is 2.87 bits per heavy atom. The zero-order valence-electron chi connectivity index (χ0n) is 9.14. The molecule has 0 aromatic carbocycles. The summed E-state index contributed by atoms with van der Waals surface area (Å²) >= 11 is 0. The number of rotatable bonds is 0. The molecule has 2 aliphatic rings. The molecule has 2 heterocycles. The number of aryl methyl sites for hydroxylation is 1. The first-order chi connectivity index (χ1) is 7.27. The lowest BCUT2D eigenvalue weighted by molar-refractivity contribution is 0.267. The fourth-order valence-corrected chi connectivity index (χ4v) is 2.52. The molecule has 15 heavy (non-hydrogen) atoms. The van der Waals surface area contributed by atoms with Crippen LogP contribution in [0.15, 0.2) is 12.1 Å². The van der Waals surface area contributed by atoms with Crippen molar-refractivity contribution in [3.05, 3.63) is 17.8 Å². The van der Waals surface area contributed by atoms with Crippen LogP contribution >= 0.6 is 0 Å². The summed E-state index contributed by atoms with van der Waals surface area (Å²) in [6.07, 6.45) is 5.16. The van der Waals surface area contributed by atoms with Gasteiger partial charge in [0, 0.05) is 17.8 Å². The Morgan fingerprint density at radius 2 is 2.13 bits per heavy atom. The Hall–Kier alpha value is -1.25. The zero-order valence-corrected chi connectivity index (χ0v) is 9.14. The van der Waals surface area contributed by atoms with Crippen LogP contribution in [0, 0.1) is 6.92 Å². The van der Waals surface area contributed by atoms with Gasteiger partial charge >= 0.3 is 0 Å². The summed E-state index contributed by atoms with van der Waals surface area (Å²) in [6.45, 7) is 3.10. The monoisotopic (exact) mass is 203 g/mol. The molecule has 1 aromatic heterocycles. The van der Waals surface area contributed by atoms with Gasteiger partial charge in [-0.05, 0) is 44.7 Å². The molecule has 0 saturated heterocycles. The van der Waals surface area contributed by atoms with Crippen LogP contribution < -0.4 is 10.6 Å². The minimum Gasteiger partial charge on any atom is -0.382 e. The summed E-state index contributed by atoms with van der Waals surface area (Å²) in [7, 11) is 0. The number of anilines is 2. The molecule has 0 unspecified atom stereocenters. The van der Waals surface area contributed by atoms with Crippen LogP contribution in [-0.4, -0.2) is 17.1 Å². The quantitative estimate of drug-likeness (QED) is 0.680. The summed E-state index contributed by atoms with van der Waals surface area (Å²) in [5.41, 5.74) is 2.59. The van der Waals surface area contributed by atoms with Crippen molar-refractivity contribution in [3.8, 4) is 0 Å². The van der Waals surface area contributed by atoms with Crippen molar-refractivity contribution >= 4 is 11.5 Å². The second kappa shape index (κ2) is 3.12. The lowest BCUT2D eigenvalue weighted by Crippen LogP contribution is -2.45. The van der Waals surface area contributed by atoms with Gasteiger partial charge in [0.2, 0.25) is 0 Å². The molecule has 3 nitrogen and oxygen atoms in total. The van der Waals surface area contributed by atoms with Crippen molar-refractivity contribution in [2.45, 2.75) is 38.1 Å². The van der Waals surface area contributed by atoms with E-state index >= 15 is 0 Å². The topological polar surface area (TPSA) is 37.0 Å². The number of hydrogen-bond donors (Lipinski definition) is 2. The summed E-state index contributed by atoms with van der Waals surface area (Å²) < 4.78 is 0. The minimum atomic E-state index is 0.346. The first-order valence-corrected chi connectivity index (χ1v) is 5.77. The van der Waals surface area contributed by atoms with E-state index in [4.69, 9.17) is 0 Å². The molecule has 0 amide bonds. The van der Waals surface area contributed by atoms with Crippen molar-refractivity contribution in [2.24, 2.45) is 0 Å². The van der Waals surface area contributed by atoms with Crippen molar-refractivity contribution in [2.75, 3.05) is 17.2 Å². The highest BCUT2D eigenvalue weighted by molar-refractivity contribution is 5.66. The standard InChI is InChI=1S/C12H17N3/c1-9-3-4-10-11(14-9)15-12(5-2-6-12)7-8-13-10/h3-4,13H,2,5-8H2,1H3,(H,14,15). The van der Waals surface area contributed by atoms with Crippen molar-refractivity contribution in [1.29, 1.82) is 0 Å². The first kappa shape index (κ1) is 9.01. The summed E-state index contributed by atoms with van der Waals surface area (Å²) in [5.74, 6) is 1.05. The Balaban J connectivity index is 1.96. The van der Waals surface area contributed by atoms with Gasteiger partial charge in [-0.1, -0.05) is 0 Å². The molecule has 0 atom stereocenters. The van der Waals surface area contributed by atoms with E-state index in [0.29, 0.717) is 5.54 Å². The number of pyridine rings is 1. The maximum absolute atomic E-state index is 4.58. The predicted octanol–water partition coefficient (Wildman–Crippen LogP) is 2.54. The average molecular weight is 203 g/mol. The van der Waals surface area contributed by atoms with E-state index < -0.39 is 0 Å². The number of nitrogens with one attached hydrogen (secondary N) is 2. The third-order valence-corrected chi connectivity index (χ3v) is 3.65. The second-order valence-corrected chi connectivity index (χ2v) is 4.78. The lowest BCUT2D eigenvalue weighted by atomic mass is 9.74. The average Bonchev–Trinajstić information content (AvgIpc) is 2.35. The van der Waals surface area contributed by atoms with Gasteiger partial charge in [0.15, 0.2) is 0 Å². The largest absolute Gasteiger partial charge is 0.382 e. The highest BCUT2D eigenvalue weighted by Crippen LogP contribution is 2.40. The predicted molar refractivity (Wildman–Crippen MR) is 62.3 cm³/mol. The zero-order chi connectivity index (χ0) is 10.3. The van der Waals surface area contributed by atoms with Crippen LogP contribution in [0.4, 0.5) is 11.5 Å².